The van der Waals surface area contributed by atoms with Gasteiger partial charge in [-0.3, -0.25) is 0 Å². The van der Waals surface area contributed by atoms with E-state index < -0.39 is 0 Å². The van der Waals surface area contributed by atoms with Crippen LogP contribution in [0.5, 0.6) is 0 Å². The van der Waals surface area contributed by atoms with Gasteiger partial charge in [0, 0.05) is 5.92 Å². The van der Waals surface area contributed by atoms with Crippen molar-refractivity contribution in [2.24, 2.45) is 5.92 Å². The molecule has 1 aliphatic heterocycles. The van der Waals surface area contributed by atoms with Crippen molar-refractivity contribution in [1.29, 1.82) is 0 Å². The van der Waals surface area contributed by atoms with Gasteiger partial charge in [0.2, 0.25) is 0 Å². The van der Waals surface area contributed by atoms with E-state index in [2.05, 4.69) is 53.7 Å². The average Bonchev–Trinajstić information content (AvgIpc) is 2.48. The third-order valence-corrected chi connectivity index (χ3v) is 5.99. The van der Waals surface area contributed by atoms with Crippen LogP contribution in [0.3, 0.4) is 0 Å². The SMILES string of the molecule is C[C@H]1C(C)(C)c2cc3c(cc2C1(C)C)[C@@H](C)COC3. The standard InChI is InChI=1S/C18H26O/c1-11-9-19-10-13-7-15-16(8-14(11)13)18(5,6)12(2)17(15,3)4/h7-8,11-12H,9-10H2,1-6H3/t11-,12-/m0/s1. The van der Waals surface area contributed by atoms with Gasteiger partial charge in [0.1, 0.15) is 0 Å². The van der Waals surface area contributed by atoms with Crippen LogP contribution in [0, 0.1) is 5.92 Å². The highest BCUT2D eigenvalue weighted by Crippen LogP contribution is 2.54. The maximum absolute atomic E-state index is 5.71. The summed E-state index contributed by atoms with van der Waals surface area (Å²) >= 11 is 0. The predicted molar refractivity (Wildman–Crippen MR) is 79.7 cm³/mol. The van der Waals surface area contributed by atoms with Gasteiger partial charge in [0.05, 0.1) is 13.2 Å². The number of benzene rings is 1. The molecule has 104 valence electrons. The van der Waals surface area contributed by atoms with Crippen LogP contribution in [0.25, 0.3) is 0 Å². The Morgan fingerprint density at radius 1 is 1.00 bits per heavy atom. The number of fused-ring (bicyclic) bond motifs is 2. The molecule has 0 unspecified atom stereocenters. The van der Waals surface area contributed by atoms with Gasteiger partial charge in [-0.2, -0.15) is 0 Å². The van der Waals surface area contributed by atoms with Crippen LogP contribution < -0.4 is 0 Å². The maximum atomic E-state index is 5.71. The second kappa shape index (κ2) is 3.85. The first-order valence-electron chi connectivity index (χ1n) is 7.51. The van der Waals surface area contributed by atoms with Crippen LogP contribution >= 0.6 is 0 Å². The van der Waals surface area contributed by atoms with Crippen LogP contribution in [0.15, 0.2) is 12.1 Å². The molecule has 0 aromatic heterocycles. The fourth-order valence-corrected chi connectivity index (χ4v) is 4.12. The molecule has 0 saturated carbocycles. The van der Waals surface area contributed by atoms with E-state index in [-0.39, 0.29) is 10.8 Å². The lowest BCUT2D eigenvalue weighted by atomic mass is 9.71. The molecule has 19 heavy (non-hydrogen) atoms. The first-order chi connectivity index (χ1) is 8.76. The Bertz CT molecular complexity index is 525. The summed E-state index contributed by atoms with van der Waals surface area (Å²) in [6.45, 7) is 15.9. The molecule has 0 fully saturated rings. The zero-order valence-corrected chi connectivity index (χ0v) is 13.1. The first-order valence-corrected chi connectivity index (χ1v) is 7.51. The summed E-state index contributed by atoms with van der Waals surface area (Å²) in [5.41, 5.74) is 6.57. The Kier molecular flexibility index (Phi) is 2.67. The minimum absolute atomic E-state index is 0.258. The highest BCUT2D eigenvalue weighted by molar-refractivity contribution is 5.51. The van der Waals surface area contributed by atoms with Crippen molar-refractivity contribution in [3.05, 3.63) is 34.4 Å². The van der Waals surface area contributed by atoms with E-state index in [4.69, 9.17) is 4.74 Å². The van der Waals surface area contributed by atoms with Crippen molar-refractivity contribution in [2.75, 3.05) is 6.61 Å². The summed E-state index contributed by atoms with van der Waals surface area (Å²) in [7, 11) is 0. The van der Waals surface area contributed by atoms with Gasteiger partial charge in [0.15, 0.2) is 0 Å². The Morgan fingerprint density at radius 2 is 1.58 bits per heavy atom. The van der Waals surface area contributed by atoms with E-state index in [1.165, 1.54) is 11.1 Å². The van der Waals surface area contributed by atoms with Gasteiger partial charge in [0.25, 0.3) is 0 Å². The van der Waals surface area contributed by atoms with Crippen molar-refractivity contribution >= 4 is 0 Å². The van der Waals surface area contributed by atoms with Gasteiger partial charge >= 0.3 is 0 Å². The van der Waals surface area contributed by atoms with Crippen LogP contribution in [0.4, 0.5) is 0 Å². The Morgan fingerprint density at radius 3 is 2.21 bits per heavy atom. The minimum Gasteiger partial charge on any atom is -0.376 e. The van der Waals surface area contributed by atoms with Crippen LogP contribution in [-0.4, -0.2) is 6.61 Å². The normalized spacial score (nSPS) is 30.8. The molecule has 1 aromatic carbocycles. The first kappa shape index (κ1) is 13.2. The molecule has 0 N–H and O–H groups in total. The van der Waals surface area contributed by atoms with Crippen LogP contribution in [0.1, 0.15) is 69.7 Å². The predicted octanol–water partition coefficient (Wildman–Crippen LogP) is 4.53. The highest BCUT2D eigenvalue weighted by Gasteiger charge is 2.48. The molecule has 0 amide bonds. The molecular weight excluding hydrogens is 232 g/mol. The Hall–Kier alpha value is -0.820. The number of hydrogen-bond donors (Lipinski definition) is 0. The molecular formula is C18H26O. The topological polar surface area (TPSA) is 9.23 Å². The third-order valence-electron chi connectivity index (χ3n) is 5.99. The molecule has 3 rings (SSSR count). The van der Waals surface area contributed by atoms with Crippen molar-refractivity contribution in [2.45, 2.75) is 64.9 Å². The second-order valence-corrected chi connectivity index (χ2v) is 7.68. The smallest absolute Gasteiger partial charge is 0.0720 e. The van der Waals surface area contributed by atoms with E-state index in [1.54, 1.807) is 11.1 Å². The second-order valence-electron chi connectivity index (χ2n) is 7.68. The van der Waals surface area contributed by atoms with Gasteiger partial charge in [-0.05, 0) is 39.0 Å². The largest absolute Gasteiger partial charge is 0.376 e. The molecule has 0 radical (unpaired) electrons. The number of ether oxygens (including phenoxy) is 1. The molecule has 1 heterocycles. The lowest BCUT2D eigenvalue weighted by Crippen LogP contribution is -2.30. The summed E-state index contributed by atoms with van der Waals surface area (Å²) in [6, 6.07) is 4.93. The Labute approximate surface area is 117 Å². The highest BCUT2D eigenvalue weighted by atomic mass is 16.5. The summed E-state index contributed by atoms with van der Waals surface area (Å²) in [4.78, 5) is 0. The average molecular weight is 258 g/mol. The molecule has 1 aliphatic carbocycles. The molecule has 1 aromatic rings. The van der Waals surface area contributed by atoms with Gasteiger partial charge in [-0.25, -0.2) is 0 Å². The lowest BCUT2D eigenvalue weighted by Gasteiger charge is -2.32. The summed E-state index contributed by atoms with van der Waals surface area (Å²) in [6.07, 6.45) is 0. The molecule has 1 nitrogen and oxygen atoms in total. The van der Waals surface area contributed by atoms with Crippen LogP contribution in [0.2, 0.25) is 0 Å². The molecule has 2 atom stereocenters. The summed E-state index contributed by atoms with van der Waals surface area (Å²) < 4.78 is 5.71. The number of hydrogen-bond acceptors (Lipinski definition) is 1. The minimum atomic E-state index is 0.258. The molecule has 0 spiro atoms. The van der Waals surface area contributed by atoms with E-state index in [0.717, 1.165) is 13.2 Å². The van der Waals surface area contributed by atoms with E-state index in [1.807, 2.05) is 0 Å². The van der Waals surface area contributed by atoms with Crippen molar-refractivity contribution in [3.63, 3.8) is 0 Å². The zero-order chi connectivity index (χ0) is 14.0. The van der Waals surface area contributed by atoms with E-state index in [0.29, 0.717) is 11.8 Å². The lowest BCUT2D eigenvalue weighted by molar-refractivity contribution is 0.0949. The summed E-state index contributed by atoms with van der Waals surface area (Å²) in [5.74, 6) is 1.19. The van der Waals surface area contributed by atoms with Crippen molar-refractivity contribution in [1.82, 2.24) is 0 Å². The molecule has 1 heteroatoms. The van der Waals surface area contributed by atoms with Gasteiger partial charge < -0.3 is 4.74 Å². The van der Waals surface area contributed by atoms with Crippen LogP contribution in [-0.2, 0) is 22.2 Å². The van der Waals surface area contributed by atoms with Crippen molar-refractivity contribution < 1.29 is 4.74 Å². The molecule has 0 saturated heterocycles. The zero-order valence-electron chi connectivity index (χ0n) is 13.1. The number of rotatable bonds is 0. The van der Waals surface area contributed by atoms with Gasteiger partial charge in [-0.15, -0.1) is 0 Å². The quantitative estimate of drug-likeness (QED) is 0.664. The molecule has 0 bridgehead atoms. The fourth-order valence-electron chi connectivity index (χ4n) is 4.12. The van der Waals surface area contributed by atoms with Gasteiger partial charge in [-0.1, -0.05) is 53.7 Å². The third kappa shape index (κ3) is 1.64. The Balaban J connectivity index is 2.25. The molecule has 2 aliphatic rings. The monoisotopic (exact) mass is 258 g/mol. The van der Waals surface area contributed by atoms with E-state index in [9.17, 15) is 0 Å². The maximum Gasteiger partial charge on any atom is 0.0720 e. The summed E-state index contributed by atoms with van der Waals surface area (Å²) in [5, 5.41) is 0. The fraction of sp³-hybridized carbons (Fsp3) is 0.667. The van der Waals surface area contributed by atoms with E-state index >= 15 is 0 Å². The van der Waals surface area contributed by atoms with Crippen molar-refractivity contribution in [3.8, 4) is 0 Å².